The van der Waals surface area contributed by atoms with E-state index < -0.39 is 0 Å². The minimum Gasteiger partial charge on any atom is -0.495 e. The Kier molecular flexibility index (Phi) is 5.19. The minimum atomic E-state index is 0.530. The molecule has 6 nitrogen and oxygen atoms in total. The van der Waals surface area contributed by atoms with Crippen LogP contribution in [0.2, 0.25) is 5.02 Å². The third-order valence-electron chi connectivity index (χ3n) is 2.82. The molecule has 0 spiro atoms. The summed E-state index contributed by atoms with van der Waals surface area (Å²) in [6, 6.07) is 7.16. The fraction of sp³-hybridized carbons (Fsp3) is 0.286. The summed E-state index contributed by atoms with van der Waals surface area (Å²) in [6.07, 6.45) is 1.75. The molecular formula is C14H18ClN5O. The predicted octanol–water partition coefficient (Wildman–Crippen LogP) is 3.12. The highest BCUT2D eigenvalue weighted by Gasteiger charge is 2.06. The van der Waals surface area contributed by atoms with Crippen LogP contribution in [0.25, 0.3) is 0 Å². The Balaban J connectivity index is 2.25. The average molecular weight is 308 g/mol. The van der Waals surface area contributed by atoms with E-state index >= 15 is 0 Å². The minimum absolute atomic E-state index is 0.530. The normalized spacial score (nSPS) is 10.3. The molecule has 1 aromatic carbocycles. The van der Waals surface area contributed by atoms with Crippen molar-refractivity contribution in [1.82, 2.24) is 9.97 Å². The van der Waals surface area contributed by atoms with Crippen LogP contribution in [0.4, 0.5) is 17.3 Å². The van der Waals surface area contributed by atoms with Crippen LogP contribution in [-0.4, -0.2) is 17.1 Å². The van der Waals surface area contributed by atoms with Crippen LogP contribution < -0.4 is 21.3 Å². The molecular weight excluding hydrogens is 290 g/mol. The second kappa shape index (κ2) is 7.10. The van der Waals surface area contributed by atoms with Crippen LogP contribution in [0.5, 0.6) is 5.75 Å². The first-order valence-electron chi connectivity index (χ1n) is 6.61. The van der Waals surface area contributed by atoms with Crippen LogP contribution in [0.1, 0.15) is 19.2 Å². The summed E-state index contributed by atoms with van der Waals surface area (Å²) in [5.74, 6) is 8.01. The van der Waals surface area contributed by atoms with Gasteiger partial charge < -0.3 is 15.5 Å². The van der Waals surface area contributed by atoms with Crippen LogP contribution in [0.15, 0.2) is 24.3 Å². The van der Waals surface area contributed by atoms with Gasteiger partial charge in [-0.25, -0.2) is 15.8 Å². The lowest BCUT2D eigenvalue weighted by Crippen LogP contribution is -2.11. The monoisotopic (exact) mass is 307 g/mol. The van der Waals surface area contributed by atoms with E-state index in [-0.39, 0.29) is 0 Å². The maximum absolute atomic E-state index is 6.11. The summed E-state index contributed by atoms with van der Waals surface area (Å²) in [5.41, 5.74) is 3.35. The first-order valence-corrected chi connectivity index (χ1v) is 6.99. The Labute approximate surface area is 128 Å². The fourth-order valence-electron chi connectivity index (χ4n) is 1.86. The number of rotatable bonds is 6. The van der Waals surface area contributed by atoms with Gasteiger partial charge in [0, 0.05) is 18.2 Å². The zero-order valence-electron chi connectivity index (χ0n) is 12.0. The first-order chi connectivity index (χ1) is 10.2. The molecule has 0 unspecified atom stereocenters. The van der Waals surface area contributed by atoms with Gasteiger partial charge in [-0.2, -0.15) is 0 Å². The number of nitrogen functional groups attached to an aromatic ring is 1. The van der Waals surface area contributed by atoms with Gasteiger partial charge in [-0.1, -0.05) is 18.5 Å². The van der Waals surface area contributed by atoms with Gasteiger partial charge in [-0.3, -0.25) is 0 Å². The van der Waals surface area contributed by atoms with Gasteiger partial charge in [-0.05, 0) is 24.6 Å². The Bertz CT molecular complexity index is 620. The molecule has 0 atom stereocenters. The molecule has 21 heavy (non-hydrogen) atoms. The number of benzene rings is 1. The van der Waals surface area contributed by atoms with Crippen LogP contribution in [-0.2, 0) is 6.42 Å². The van der Waals surface area contributed by atoms with E-state index in [0.717, 1.165) is 24.4 Å². The molecule has 0 amide bonds. The number of aryl methyl sites for hydroxylation is 1. The van der Waals surface area contributed by atoms with E-state index in [1.807, 2.05) is 6.07 Å². The molecule has 112 valence electrons. The molecule has 0 bridgehead atoms. The molecule has 2 rings (SSSR count). The van der Waals surface area contributed by atoms with Crippen molar-refractivity contribution in [2.24, 2.45) is 5.84 Å². The number of methoxy groups -OCH3 is 1. The van der Waals surface area contributed by atoms with Gasteiger partial charge in [0.05, 0.1) is 12.1 Å². The number of hydrogen-bond acceptors (Lipinski definition) is 6. The first kappa shape index (κ1) is 15.3. The highest BCUT2D eigenvalue weighted by Crippen LogP contribution is 2.28. The topological polar surface area (TPSA) is 85.1 Å². The van der Waals surface area contributed by atoms with Crippen molar-refractivity contribution in [2.75, 3.05) is 17.9 Å². The number of anilines is 3. The average Bonchev–Trinajstić information content (AvgIpc) is 2.47. The van der Waals surface area contributed by atoms with E-state index in [1.165, 1.54) is 0 Å². The van der Waals surface area contributed by atoms with Crippen molar-refractivity contribution >= 4 is 28.9 Å². The molecule has 7 heteroatoms. The number of ether oxygens (including phenoxy) is 1. The van der Waals surface area contributed by atoms with Gasteiger partial charge in [0.1, 0.15) is 23.2 Å². The SMILES string of the molecule is CCCc1nc(NN)cc(Nc2ccc(OC)c(Cl)c2)n1. The number of aromatic nitrogens is 2. The quantitative estimate of drug-likeness (QED) is 0.561. The van der Waals surface area contributed by atoms with Gasteiger partial charge in [-0.15, -0.1) is 0 Å². The molecule has 0 aliphatic heterocycles. The zero-order chi connectivity index (χ0) is 15.2. The largest absolute Gasteiger partial charge is 0.495 e. The van der Waals surface area contributed by atoms with Crippen molar-refractivity contribution in [2.45, 2.75) is 19.8 Å². The van der Waals surface area contributed by atoms with Crippen molar-refractivity contribution in [3.05, 3.63) is 35.1 Å². The van der Waals surface area contributed by atoms with E-state index in [1.54, 1.807) is 25.3 Å². The van der Waals surface area contributed by atoms with E-state index in [4.69, 9.17) is 22.2 Å². The number of nitrogens with zero attached hydrogens (tertiary/aromatic N) is 2. The molecule has 1 aromatic heterocycles. The van der Waals surface area contributed by atoms with Crippen LogP contribution in [0, 0.1) is 0 Å². The van der Waals surface area contributed by atoms with Gasteiger partial charge >= 0.3 is 0 Å². The lowest BCUT2D eigenvalue weighted by Gasteiger charge is -2.11. The summed E-state index contributed by atoms with van der Waals surface area (Å²) in [6.45, 7) is 2.07. The van der Waals surface area contributed by atoms with Gasteiger partial charge in [0.2, 0.25) is 0 Å². The Morgan fingerprint density at radius 3 is 2.62 bits per heavy atom. The highest BCUT2D eigenvalue weighted by atomic mass is 35.5. The van der Waals surface area contributed by atoms with Crippen molar-refractivity contribution in [1.29, 1.82) is 0 Å². The molecule has 0 saturated heterocycles. The van der Waals surface area contributed by atoms with E-state index in [2.05, 4.69) is 27.6 Å². The standard InChI is InChI=1S/C14H18ClN5O/c1-3-4-12-18-13(8-14(19-12)20-16)17-9-5-6-11(21-2)10(15)7-9/h5-8H,3-4,16H2,1-2H3,(H2,17,18,19,20). The van der Waals surface area contributed by atoms with Crippen LogP contribution in [0.3, 0.4) is 0 Å². The summed E-state index contributed by atoms with van der Waals surface area (Å²) in [7, 11) is 1.58. The third-order valence-corrected chi connectivity index (χ3v) is 3.11. The third kappa shape index (κ3) is 3.96. The number of halogens is 1. The molecule has 0 saturated carbocycles. The van der Waals surface area contributed by atoms with E-state index in [0.29, 0.717) is 22.4 Å². The molecule has 0 radical (unpaired) electrons. The lowest BCUT2D eigenvalue weighted by molar-refractivity contribution is 0.415. The van der Waals surface area contributed by atoms with Crippen molar-refractivity contribution < 1.29 is 4.74 Å². The molecule has 1 heterocycles. The van der Waals surface area contributed by atoms with E-state index in [9.17, 15) is 0 Å². The van der Waals surface area contributed by atoms with Crippen molar-refractivity contribution in [3.63, 3.8) is 0 Å². The maximum Gasteiger partial charge on any atom is 0.145 e. The number of nitrogens with one attached hydrogen (secondary N) is 2. The highest BCUT2D eigenvalue weighted by molar-refractivity contribution is 6.32. The summed E-state index contributed by atoms with van der Waals surface area (Å²) >= 11 is 6.11. The second-order valence-electron chi connectivity index (χ2n) is 4.42. The Hall–Kier alpha value is -2.05. The van der Waals surface area contributed by atoms with Crippen molar-refractivity contribution in [3.8, 4) is 5.75 Å². The number of nitrogens with two attached hydrogens (primary N) is 1. The molecule has 0 aliphatic rings. The second-order valence-corrected chi connectivity index (χ2v) is 4.83. The molecule has 0 fully saturated rings. The smallest absolute Gasteiger partial charge is 0.145 e. The number of hydrogen-bond donors (Lipinski definition) is 3. The summed E-state index contributed by atoms with van der Waals surface area (Å²) in [5, 5.41) is 3.71. The zero-order valence-corrected chi connectivity index (χ0v) is 12.7. The molecule has 0 aliphatic carbocycles. The molecule has 2 aromatic rings. The molecule has 4 N–H and O–H groups in total. The Morgan fingerprint density at radius 2 is 2.00 bits per heavy atom. The summed E-state index contributed by atoms with van der Waals surface area (Å²) < 4.78 is 5.13. The maximum atomic E-state index is 6.11. The van der Waals surface area contributed by atoms with Gasteiger partial charge in [0.25, 0.3) is 0 Å². The number of hydrazine groups is 1. The lowest BCUT2D eigenvalue weighted by atomic mass is 10.3. The Morgan fingerprint density at radius 1 is 1.24 bits per heavy atom. The fourth-order valence-corrected chi connectivity index (χ4v) is 2.12. The summed E-state index contributed by atoms with van der Waals surface area (Å²) in [4.78, 5) is 8.74. The van der Waals surface area contributed by atoms with Gasteiger partial charge in [0.15, 0.2) is 0 Å². The van der Waals surface area contributed by atoms with Crippen LogP contribution >= 0.6 is 11.6 Å². The predicted molar refractivity (Wildman–Crippen MR) is 85.1 cm³/mol.